The number of carboxylic acid groups (broad SMARTS) is 1. The minimum absolute atomic E-state index is 0.0179. The molecule has 2 aliphatic rings. The van der Waals surface area contributed by atoms with E-state index in [-0.39, 0.29) is 32.1 Å². The van der Waals surface area contributed by atoms with Gasteiger partial charge in [-0.3, -0.25) is 9.59 Å². The van der Waals surface area contributed by atoms with E-state index < -0.39 is 27.3 Å². The lowest BCUT2D eigenvalue weighted by Crippen LogP contribution is -2.42. The number of anilines is 1. The lowest BCUT2D eigenvalue weighted by atomic mass is 9.81. The Hall–Kier alpha value is -2.13. The second-order valence-electron chi connectivity index (χ2n) is 7.34. The monoisotopic (exact) mass is 381 g/mol. The van der Waals surface area contributed by atoms with Crippen molar-refractivity contribution < 1.29 is 23.1 Å². The molecule has 0 spiro atoms. The van der Waals surface area contributed by atoms with Crippen LogP contribution in [0.4, 0.5) is 5.69 Å². The normalized spacial score (nSPS) is 26.0. The van der Waals surface area contributed by atoms with Crippen molar-refractivity contribution in [2.24, 2.45) is 11.3 Å². The third kappa shape index (κ3) is 3.05. The predicted molar refractivity (Wildman–Crippen MR) is 96.6 cm³/mol. The first-order valence-electron chi connectivity index (χ1n) is 8.30. The molecule has 1 aromatic rings. The molecule has 1 aromatic carbocycles. The fourth-order valence-corrected chi connectivity index (χ4v) is 4.74. The molecule has 2 aliphatic heterocycles. The minimum atomic E-state index is -3.46. The number of carboxylic acids is 1. The van der Waals surface area contributed by atoms with E-state index in [1.807, 2.05) is 25.1 Å². The zero-order chi connectivity index (χ0) is 19.3. The molecule has 2 fully saturated rings. The summed E-state index contributed by atoms with van der Waals surface area (Å²) in [5.41, 5.74) is 0.140. The van der Waals surface area contributed by atoms with Crippen LogP contribution in [0.1, 0.15) is 10.4 Å². The van der Waals surface area contributed by atoms with Gasteiger partial charge in [-0.25, -0.2) is 12.7 Å². The van der Waals surface area contributed by atoms with Gasteiger partial charge in [0, 0.05) is 57.4 Å². The van der Waals surface area contributed by atoms with Gasteiger partial charge >= 0.3 is 5.97 Å². The van der Waals surface area contributed by atoms with Crippen molar-refractivity contribution in [2.45, 2.75) is 0 Å². The predicted octanol–water partition coefficient (Wildman–Crippen LogP) is 0.171. The van der Waals surface area contributed by atoms with Gasteiger partial charge in [0.2, 0.25) is 10.0 Å². The first-order chi connectivity index (χ1) is 12.0. The Kier molecular flexibility index (Phi) is 4.48. The molecule has 8 nitrogen and oxygen atoms in total. The Morgan fingerprint density at radius 1 is 1.23 bits per heavy atom. The Morgan fingerprint density at radius 3 is 2.46 bits per heavy atom. The molecule has 1 N–H and O–H groups in total. The Morgan fingerprint density at radius 2 is 1.92 bits per heavy atom. The topological polar surface area (TPSA) is 98.2 Å². The molecule has 1 amide bonds. The second-order valence-corrected chi connectivity index (χ2v) is 9.33. The molecule has 2 unspecified atom stereocenters. The molecule has 3 rings (SSSR count). The lowest BCUT2D eigenvalue weighted by molar-refractivity contribution is -0.148. The summed E-state index contributed by atoms with van der Waals surface area (Å²) in [6.45, 7) is 0.299. The van der Waals surface area contributed by atoms with E-state index in [4.69, 9.17) is 0 Å². The summed E-state index contributed by atoms with van der Waals surface area (Å²) in [5, 5.41) is 9.78. The quantitative estimate of drug-likeness (QED) is 0.798. The van der Waals surface area contributed by atoms with Gasteiger partial charge in [0.15, 0.2) is 0 Å². The summed E-state index contributed by atoms with van der Waals surface area (Å²) >= 11 is 0. The third-order valence-corrected chi connectivity index (χ3v) is 6.59. The molecule has 2 saturated heterocycles. The highest BCUT2D eigenvalue weighted by Gasteiger charge is 2.60. The van der Waals surface area contributed by atoms with Crippen LogP contribution in [0.25, 0.3) is 0 Å². The number of likely N-dealkylation sites (tertiary alicyclic amines) is 1. The summed E-state index contributed by atoms with van der Waals surface area (Å²) in [4.78, 5) is 28.3. The SMILES string of the molecule is CN(C)c1cccc(C(=O)N2CC3CN(S(C)(=O)=O)CC3(C(=O)O)C2)c1. The molecular weight excluding hydrogens is 358 g/mol. The van der Waals surface area contributed by atoms with Crippen molar-refractivity contribution in [3.63, 3.8) is 0 Å². The average molecular weight is 381 g/mol. The van der Waals surface area contributed by atoms with Crippen LogP contribution in [0.15, 0.2) is 24.3 Å². The number of benzene rings is 1. The maximum Gasteiger partial charge on any atom is 0.313 e. The van der Waals surface area contributed by atoms with E-state index in [1.165, 1.54) is 9.21 Å². The minimum Gasteiger partial charge on any atom is -0.481 e. The Bertz CT molecular complexity index is 854. The number of amides is 1. The summed E-state index contributed by atoms with van der Waals surface area (Å²) in [5.74, 6) is -1.68. The highest BCUT2D eigenvalue weighted by atomic mass is 32.2. The number of sulfonamides is 1. The van der Waals surface area contributed by atoms with Gasteiger partial charge in [-0.15, -0.1) is 0 Å². The summed E-state index contributed by atoms with van der Waals surface area (Å²) in [6, 6.07) is 7.16. The zero-order valence-electron chi connectivity index (χ0n) is 15.0. The fraction of sp³-hybridized carbons (Fsp3) is 0.529. The van der Waals surface area contributed by atoms with E-state index in [2.05, 4.69) is 0 Å². The molecule has 0 aromatic heterocycles. The Balaban J connectivity index is 1.85. The summed E-state index contributed by atoms with van der Waals surface area (Å²) in [6.07, 6.45) is 1.08. The van der Waals surface area contributed by atoms with Crippen molar-refractivity contribution in [1.82, 2.24) is 9.21 Å². The number of nitrogens with zero attached hydrogens (tertiary/aromatic N) is 3. The van der Waals surface area contributed by atoms with Crippen LogP contribution in [0.5, 0.6) is 0 Å². The van der Waals surface area contributed by atoms with E-state index in [0.29, 0.717) is 5.56 Å². The maximum absolute atomic E-state index is 12.9. The first kappa shape index (κ1) is 18.7. The van der Waals surface area contributed by atoms with Gasteiger partial charge in [-0.1, -0.05) is 6.07 Å². The standard InChI is InChI=1S/C17H23N3O5S/c1-18(2)14-6-4-5-12(7-14)15(21)19-8-13-9-20(26(3,24)25)11-17(13,10-19)16(22)23/h4-7,13H,8-11H2,1-3H3,(H,22,23). The lowest BCUT2D eigenvalue weighted by Gasteiger charge is -2.25. The molecule has 142 valence electrons. The molecule has 0 aliphatic carbocycles. The van der Waals surface area contributed by atoms with Crippen LogP contribution >= 0.6 is 0 Å². The number of fused-ring (bicyclic) bond motifs is 1. The second kappa shape index (κ2) is 6.24. The molecule has 0 radical (unpaired) electrons. The van der Waals surface area contributed by atoms with Crippen molar-refractivity contribution in [1.29, 1.82) is 0 Å². The van der Waals surface area contributed by atoms with Crippen molar-refractivity contribution in [3.8, 4) is 0 Å². The molecule has 2 atom stereocenters. The molecule has 2 heterocycles. The smallest absolute Gasteiger partial charge is 0.313 e. The van der Waals surface area contributed by atoms with Crippen LogP contribution in [0.3, 0.4) is 0 Å². The van der Waals surface area contributed by atoms with Crippen LogP contribution in [0.2, 0.25) is 0 Å². The molecule has 9 heteroatoms. The van der Waals surface area contributed by atoms with Gasteiger partial charge in [0.1, 0.15) is 5.41 Å². The number of hydrogen-bond acceptors (Lipinski definition) is 5. The summed E-state index contributed by atoms with van der Waals surface area (Å²) < 4.78 is 24.8. The number of carbonyl (C=O) groups is 2. The van der Waals surface area contributed by atoms with Crippen molar-refractivity contribution in [3.05, 3.63) is 29.8 Å². The van der Waals surface area contributed by atoms with Crippen LogP contribution in [0, 0.1) is 11.3 Å². The largest absolute Gasteiger partial charge is 0.481 e. The highest BCUT2D eigenvalue weighted by molar-refractivity contribution is 7.88. The van der Waals surface area contributed by atoms with Gasteiger partial charge in [-0.2, -0.15) is 0 Å². The zero-order valence-corrected chi connectivity index (χ0v) is 15.9. The van der Waals surface area contributed by atoms with Crippen LogP contribution in [-0.2, 0) is 14.8 Å². The highest BCUT2D eigenvalue weighted by Crippen LogP contribution is 2.44. The maximum atomic E-state index is 12.9. The van der Waals surface area contributed by atoms with E-state index in [0.717, 1.165) is 11.9 Å². The van der Waals surface area contributed by atoms with Gasteiger partial charge in [-0.05, 0) is 18.2 Å². The molecule has 26 heavy (non-hydrogen) atoms. The van der Waals surface area contributed by atoms with Gasteiger partial charge in [0.25, 0.3) is 5.91 Å². The number of hydrogen-bond donors (Lipinski definition) is 1. The molecule has 0 bridgehead atoms. The van der Waals surface area contributed by atoms with Crippen molar-refractivity contribution >= 4 is 27.6 Å². The van der Waals surface area contributed by atoms with Crippen LogP contribution < -0.4 is 4.90 Å². The van der Waals surface area contributed by atoms with E-state index >= 15 is 0 Å². The Labute approximate surface area is 153 Å². The van der Waals surface area contributed by atoms with Crippen LogP contribution in [-0.4, -0.2) is 81.1 Å². The third-order valence-electron chi connectivity index (χ3n) is 5.37. The molecule has 0 saturated carbocycles. The summed E-state index contributed by atoms with van der Waals surface area (Å²) in [7, 11) is 0.296. The van der Waals surface area contributed by atoms with E-state index in [1.54, 1.807) is 18.2 Å². The van der Waals surface area contributed by atoms with Crippen molar-refractivity contribution in [2.75, 3.05) is 51.4 Å². The fourth-order valence-electron chi connectivity index (χ4n) is 3.83. The van der Waals surface area contributed by atoms with E-state index in [9.17, 15) is 23.1 Å². The average Bonchev–Trinajstić information content (AvgIpc) is 3.09. The number of rotatable bonds is 4. The molecular formula is C17H23N3O5S. The first-order valence-corrected chi connectivity index (χ1v) is 10.1. The number of aliphatic carboxylic acids is 1. The number of carbonyl (C=O) groups excluding carboxylic acids is 1. The van der Waals surface area contributed by atoms with Gasteiger partial charge < -0.3 is 14.9 Å². The van der Waals surface area contributed by atoms with Gasteiger partial charge in [0.05, 0.1) is 6.26 Å².